The Balaban J connectivity index is 1.74. The maximum atomic E-state index is 12.6. The van der Waals surface area contributed by atoms with Crippen LogP contribution >= 0.6 is 11.6 Å². The number of aromatic nitrogens is 1. The summed E-state index contributed by atoms with van der Waals surface area (Å²) >= 11 is 6.21. The van der Waals surface area contributed by atoms with E-state index in [9.17, 15) is 9.59 Å². The number of hydrogen-bond donors (Lipinski definition) is 2. The second-order valence-corrected chi connectivity index (χ2v) is 10.1. The fourth-order valence-electron chi connectivity index (χ4n) is 4.95. The lowest BCUT2D eigenvalue weighted by Crippen LogP contribution is -2.33. The van der Waals surface area contributed by atoms with Crippen molar-refractivity contribution < 1.29 is 19.1 Å². The van der Waals surface area contributed by atoms with Crippen LogP contribution in [0.4, 0.5) is 9.59 Å². The third-order valence-electron chi connectivity index (χ3n) is 6.82. The lowest BCUT2D eigenvalue weighted by atomic mass is 9.97. The lowest BCUT2D eigenvalue weighted by Gasteiger charge is -2.22. The SMILES string of the molecule is CCCNC(=O)OCc1c(COC(=O)NC(C)CCC)c2n(c1-c1ccc(Cl)cc1)Cc1ccccc1C2. The van der Waals surface area contributed by atoms with E-state index in [4.69, 9.17) is 21.1 Å². The predicted molar refractivity (Wildman–Crippen MR) is 149 cm³/mol. The van der Waals surface area contributed by atoms with Gasteiger partial charge in [0.2, 0.25) is 0 Å². The number of nitrogens with zero attached hydrogens (tertiary/aromatic N) is 1. The maximum absolute atomic E-state index is 12.6. The van der Waals surface area contributed by atoms with Gasteiger partial charge in [0.1, 0.15) is 13.2 Å². The summed E-state index contributed by atoms with van der Waals surface area (Å²) < 4.78 is 13.7. The van der Waals surface area contributed by atoms with Crippen molar-refractivity contribution in [1.29, 1.82) is 0 Å². The first-order valence-corrected chi connectivity index (χ1v) is 13.7. The predicted octanol–water partition coefficient (Wildman–Crippen LogP) is 6.81. The zero-order chi connectivity index (χ0) is 27.1. The molecule has 0 saturated carbocycles. The minimum Gasteiger partial charge on any atom is -0.445 e. The van der Waals surface area contributed by atoms with Crippen molar-refractivity contribution in [3.8, 4) is 11.3 Å². The van der Waals surface area contributed by atoms with Crippen LogP contribution in [-0.2, 0) is 35.7 Å². The molecule has 1 aliphatic heterocycles. The topological polar surface area (TPSA) is 81.6 Å². The molecule has 38 heavy (non-hydrogen) atoms. The van der Waals surface area contributed by atoms with Crippen molar-refractivity contribution in [2.45, 2.75) is 72.3 Å². The monoisotopic (exact) mass is 537 g/mol. The van der Waals surface area contributed by atoms with Crippen LogP contribution in [-0.4, -0.2) is 29.3 Å². The van der Waals surface area contributed by atoms with Crippen molar-refractivity contribution in [3.63, 3.8) is 0 Å². The molecule has 0 aliphatic carbocycles. The first-order chi connectivity index (χ1) is 18.4. The van der Waals surface area contributed by atoms with Gasteiger partial charge in [0, 0.05) is 47.4 Å². The quantitative estimate of drug-likeness (QED) is 0.233. The Kier molecular flexibility index (Phi) is 9.34. The number of fused-ring (bicyclic) bond motifs is 2. The third-order valence-corrected chi connectivity index (χ3v) is 7.07. The van der Waals surface area contributed by atoms with E-state index in [0.717, 1.165) is 47.3 Å². The summed E-state index contributed by atoms with van der Waals surface area (Å²) in [6.07, 6.45) is 2.42. The summed E-state index contributed by atoms with van der Waals surface area (Å²) in [6.45, 7) is 7.36. The lowest BCUT2D eigenvalue weighted by molar-refractivity contribution is 0.129. The molecule has 0 bridgehead atoms. The molecule has 7 nitrogen and oxygen atoms in total. The summed E-state index contributed by atoms with van der Waals surface area (Å²) in [6, 6.07) is 16.0. The van der Waals surface area contributed by atoms with Crippen LogP contribution in [0.3, 0.4) is 0 Å². The average molecular weight is 538 g/mol. The maximum Gasteiger partial charge on any atom is 0.407 e. The highest BCUT2D eigenvalue weighted by Gasteiger charge is 2.29. The molecule has 3 aromatic rings. The van der Waals surface area contributed by atoms with Crippen LogP contribution in [0.25, 0.3) is 11.3 Å². The van der Waals surface area contributed by atoms with Crippen LogP contribution in [0.1, 0.15) is 68.0 Å². The van der Waals surface area contributed by atoms with E-state index in [1.165, 1.54) is 11.1 Å². The molecule has 2 amide bonds. The number of ether oxygens (including phenoxy) is 2. The van der Waals surface area contributed by atoms with Gasteiger partial charge in [-0.25, -0.2) is 9.59 Å². The van der Waals surface area contributed by atoms with Crippen LogP contribution < -0.4 is 10.6 Å². The number of rotatable bonds is 10. The number of hydrogen-bond acceptors (Lipinski definition) is 4. The number of carbonyl (C=O) groups is 2. The minimum atomic E-state index is -0.473. The van der Waals surface area contributed by atoms with Crippen LogP contribution in [0.5, 0.6) is 0 Å². The van der Waals surface area contributed by atoms with Gasteiger partial charge >= 0.3 is 12.2 Å². The van der Waals surface area contributed by atoms with Gasteiger partial charge in [0.25, 0.3) is 0 Å². The first kappa shape index (κ1) is 27.6. The third kappa shape index (κ3) is 6.51. The summed E-state index contributed by atoms with van der Waals surface area (Å²) in [5.74, 6) is 0. The van der Waals surface area contributed by atoms with Crippen molar-refractivity contribution >= 4 is 23.8 Å². The summed E-state index contributed by atoms with van der Waals surface area (Å²) in [5.41, 5.74) is 7.10. The number of alkyl carbamates (subject to hydrolysis) is 2. The zero-order valence-electron chi connectivity index (χ0n) is 22.3. The van der Waals surface area contributed by atoms with Crippen LogP contribution in [0.15, 0.2) is 48.5 Å². The number of carbonyl (C=O) groups excluding carboxylic acids is 2. The molecule has 202 valence electrons. The molecular weight excluding hydrogens is 502 g/mol. The van der Waals surface area contributed by atoms with E-state index < -0.39 is 12.2 Å². The van der Waals surface area contributed by atoms with Crippen LogP contribution in [0.2, 0.25) is 5.02 Å². The largest absolute Gasteiger partial charge is 0.445 e. The number of amides is 2. The minimum absolute atomic E-state index is 0.0250. The molecule has 1 aromatic heterocycles. The number of benzene rings is 2. The van der Waals surface area contributed by atoms with E-state index >= 15 is 0 Å². The molecule has 0 fully saturated rings. The molecule has 1 aliphatic rings. The Labute approximate surface area is 229 Å². The molecule has 2 N–H and O–H groups in total. The first-order valence-electron chi connectivity index (χ1n) is 13.3. The Hall–Kier alpha value is -3.45. The zero-order valence-corrected chi connectivity index (χ0v) is 23.1. The highest BCUT2D eigenvalue weighted by Crippen LogP contribution is 2.38. The van der Waals surface area contributed by atoms with Crippen molar-refractivity contribution in [2.75, 3.05) is 6.54 Å². The Morgan fingerprint density at radius 2 is 1.63 bits per heavy atom. The Morgan fingerprint density at radius 1 is 0.947 bits per heavy atom. The van der Waals surface area contributed by atoms with Crippen molar-refractivity contribution in [2.24, 2.45) is 0 Å². The van der Waals surface area contributed by atoms with Gasteiger partial charge < -0.3 is 24.7 Å². The van der Waals surface area contributed by atoms with Gasteiger partial charge in [0.05, 0.1) is 5.69 Å². The smallest absolute Gasteiger partial charge is 0.407 e. The summed E-state index contributed by atoms with van der Waals surface area (Å²) in [4.78, 5) is 25.0. The van der Waals surface area contributed by atoms with Gasteiger partial charge in [-0.2, -0.15) is 0 Å². The van der Waals surface area contributed by atoms with Gasteiger partial charge in [-0.3, -0.25) is 0 Å². The van der Waals surface area contributed by atoms with Gasteiger partial charge in [-0.1, -0.05) is 68.3 Å². The summed E-state index contributed by atoms with van der Waals surface area (Å²) in [7, 11) is 0. The summed E-state index contributed by atoms with van der Waals surface area (Å²) in [5, 5.41) is 6.32. The molecule has 0 radical (unpaired) electrons. The van der Waals surface area contributed by atoms with Gasteiger partial charge in [-0.05, 0) is 48.6 Å². The molecule has 4 rings (SSSR count). The molecule has 0 spiro atoms. The Morgan fingerprint density at radius 3 is 2.34 bits per heavy atom. The van der Waals surface area contributed by atoms with E-state index in [1.54, 1.807) is 0 Å². The van der Waals surface area contributed by atoms with E-state index in [-0.39, 0.29) is 19.3 Å². The molecule has 2 heterocycles. The van der Waals surface area contributed by atoms with Crippen molar-refractivity contribution in [1.82, 2.24) is 15.2 Å². The van der Waals surface area contributed by atoms with E-state index in [0.29, 0.717) is 24.5 Å². The van der Waals surface area contributed by atoms with Crippen LogP contribution in [0, 0.1) is 0 Å². The molecule has 2 aromatic carbocycles. The second-order valence-electron chi connectivity index (χ2n) is 9.70. The number of nitrogens with one attached hydrogen (secondary N) is 2. The molecule has 0 saturated heterocycles. The standard InChI is InChI=1S/C30H36ClN3O4/c1-4-8-20(3)33-30(36)38-18-25-26(19-37-29(35)32-15-5-2)28(21-11-13-24(31)14-12-21)34-17-23-10-7-6-9-22(23)16-27(25)34/h6-7,9-14,20H,4-5,8,15-19H2,1-3H3,(H,32,35)(H,33,36). The normalized spacial score (nSPS) is 12.7. The number of halogens is 1. The average Bonchev–Trinajstić information content (AvgIpc) is 3.20. The van der Waals surface area contributed by atoms with Gasteiger partial charge in [-0.15, -0.1) is 0 Å². The molecular formula is C30H36ClN3O4. The van der Waals surface area contributed by atoms with E-state index in [2.05, 4.69) is 34.3 Å². The second kappa shape index (κ2) is 12.9. The highest BCUT2D eigenvalue weighted by atomic mass is 35.5. The molecule has 1 atom stereocenters. The highest BCUT2D eigenvalue weighted by molar-refractivity contribution is 6.30. The fourth-order valence-corrected chi connectivity index (χ4v) is 5.08. The molecule has 1 unspecified atom stereocenters. The molecule has 8 heteroatoms. The van der Waals surface area contributed by atoms with Crippen molar-refractivity contribution in [3.05, 3.63) is 81.5 Å². The fraction of sp³-hybridized carbons (Fsp3) is 0.400. The van der Waals surface area contributed by atoms with Gasteiger partial charge in [0.15, 0.2) is 0 Å². The van der Waals surface area contributed by atoms with E-state index in [1.807, 2.05) is 50.2 Å². The Bertz CT molecular complexity index is 1270.